The lowest BCUT2D eigenvalue weighted by Gasteiger charge is -2.20. The van der Waals surface area contributed by atoms with E-state index in [4.69, 9.17) is 4.74 Å². The maximum Gasteiger partial charge on any atom is 0.387 e. The van der Waals surface area contributed by atoms with Gasteiger partial charge in [-0.05, 0) is 41.5 Å². The van der Waals surface area contributed by atoms with Crippen LogP contribution in [0.2, 0.25) is 0 Å². The van der Waals surface area contributed by atoms with Gasteiger partial charge in [0.2, 0.25) is 0 Å². The van der Waals surface area contributed by atoms with E-state index in [-0.39, 0.29) is 11.7 Å². The number of ether oxygens (including phenoxy) is 2. The fraction of sp³-hybridized carbons (Fsp3) is 0.136. The molecule has 0 saturated carbocycles. The summed E-state index contributed by atoms with van der Waals surface area (Å²) in [7, 11) is 1.53. The predicted molar refractivity (Wildman–Crippen MR) is 102 cm³/mol. The zero-order valence-corrected chi connectivity index (χ0v) is 15.1. The summed E-state index contributed by atoms with van der Waals surface area (Å²) in [6, 6.07) is 22.0. The molecule has 6 heteroatoms. The van der Waals surface area contributed by atoms with E-state index in [1.165, 1.54) is 19.2 Å². The number of hydrogen-bond donors (Lipinski definition) is 1. The quantitative estimate of drug-likeness (QED) is 0.637. The highest BCUT2D eigenvalue weighted by molar-refractivity contribution is 5.95. The number of hydrogen-bond acceptors (Lipinski definition) is 3. The summed E-state index contributed by atoms with van der Waals surface area (Å²) in [5, 5.41) is 2.99. The molecule has 0 aliphatic heterocycles. The minimum absolute atomic E-state index is 0.0599. The number of carbonyl (C=O) groups excluding carboxylic acids is 1. The number of nitrogens with one attached hydrogen (secondary N) is 1. The molecule has 3 aromatic carbocycles. The molecule has 1 amide bonds. The van der Waals surface area contributed by atoms with Crippen LogP contribution in [0.1, 0.15) is 27.5 Å². The van der Waals surface area contributed by atoms with Crippen LogP contribution in [-0.2, 0) is 0 Å². The summed E-state index contributed by atoms with van der Waals surface area (Å²) in [6.07, 6.45) is 0. The average Bonchev–Trinajstić information content (AvgIpc) is 2.73. The molecule has 0 saturated heterocycles. The van der Waals surface area contributed by atoms with Gasteiger partial charge in [0.25, 0.3) is 5.91 Å². The van der Waals surface area contributed by atoms with Crippen molar-refractivity contribution in [2.45, 2.75) is 12.7 Å². The largest absolute Gasteiger partial charge is 0.497 e. The Morgan fingerprint density at radius 2 is 1.54 bits per heavy atom. The van der Waals surface area contributed by atoms with Gasteiger partial charge in [0.1, 0.15) is 11.5 Å². The monoisotopic (exact) mass is 383 g/mol. The highest BCUT2D eigenvalue weighted by atomic mass is 19.3. The van der Waals surface area contributed by atoms with E-state index in [0.717, 1.165) is 11.1 Å². The van der Waals surface area contributed by atoms with Gasteiger partial charge >= 0.3 is 6.61 Å². The summed E-state index contributed by atoms with van der Waals surface area (Å²) in [5.41, 5.74) is 2.06. The number of halogens is 2. The van der Waals surface area contributed by atoms with Gasteiger partial charge in [-0.3, -0.25) is 4.79 Å². The van der Waals surface area contributed by atoms with E-state index < -0.39 is 12.7 Å². The number of rotatable bonds is 7. The Labute approximate surface area is 161 Å². The molecule has 4 nitrogen and oxygen atoms in total. The number of amides is 1. The molecule has 0 bridgehead atoms. The third kappa shape index (κ3) is 4.85. The van der Waals surface area contributed by atoms with Crippen LogP contribution >= 0.6 is 0 Å². The number of carbonyl (C=O) groups is 1. The van der Waals surface area contributed by atoms with Crippen LogP contribution in [0.5, 0.6) is 11.5 Å². The van der Waals surface area contributed by atoms with Gasteiger partial charge in [0.15, 0.2) is 0 Å². The molecule has 0 unspecified atom stereocenters. The molecule has 0 heterocycles. The molecular formula is C22H19F2NO3. The van der Waals surface area contributed by atoms with E-state index in [9.17, 15) is 13.6 Å². The molecule has 3 rings (SSSR count). The van der Waals surface area contributed by atoms with E-state index >= 15 is 0 Å². The predicted octanol–water partition coefficient (Wildman–Crippen LogP) is 4.82. The molecule has 0 aliphatic carbocycles. The Kier molecular flexibility index (Phi) is 6.22. The van der Waals surface area contributed by atoms with Crippen LogP contribution in [0.25, 0.3) is 0 Å². The lowest BCUT2D eigenvalue weighted by atomic mass is 9.98. The van der Waals surface area contributed by atoms with Crippen molar-refractivity contribution in [2.75, 3.05) is 7.11 Å². The highest BCUT2D eigenvalue weighted by Gasteiger charge is 2.18. The first-order chi connectivity index (χ1) is 13.6. The standard InChI is InChI=1S/C22H19F2NO3/c1-27-19-9-5-8-17(14-19)21(26)25-20(15-6-3-2-4-7-15)16-10-12-18(13-11-16)28-22(23)24/h2-14,20,22H,1H3,(H,25,26)/t20-/m1/s1. The zero-order chi connectivity index (χ0) is 19.9. The molecule has 3 aromatic rings. The fourth-order valence-electron chi connectivity index (χ4n) is 2.83. The highest BCUT2D eigenvalue weighted by Crippen LogP contribution is 2.25. The molecule has 28 heavy (non-hydrogen) atoms. The summed E-state index contributed by atoms with van der Waals surface area (Å²) in [5.74, 6) is 0.364. The Bertz CT molecular complexity index is 915. The van der Waals surface area contributed by atoms with Crippen LogP contribution in [0.15, 0.2) is 78.9 Å². The van der Waals surface area contributed by atoms with Crippen molar-refractivity contribution in [3.8, 4) is 11.5 Å². The second kappa shape index (κ2) is 8.99. The lowest BCUT2D eigenvalue weighted by molar-refractivity contribution is -0.0498. The Morgan fingerprint density at radius 3 is 2.18 bits per heavy atom. The average molecular weight is 383 g/mol. The van der Waals surface area contributed by atoms with Crippen molar-refractivity contribution in [1.82, 2.24) is 5.32 Å². The number of methoxy groups -OCH3 is 1. The first-order valence-electron chi connectivity index (χ1n) is 8.61. The van der Waals surface area contributed by atoms with Crippen LogP contribution in [-0.4, -0.2) is 19.6 Å². The van der Waals surface area contributed by atoms with Crippen LogP contribution in [0.4, 0.5) is 8.78 Å². The summed E-state index contributed by atoms with van der Waals surface area (Å²) >= 11 is 0. The molecule has 144 valence electrons. The minimum Gasteiger partial charge on any atom is -0.497 e. The molecule has 1 N–H and O–H groups in total. The summed E-state index contributed by atoms with van der Waals surface area (Å²) in [4.78, 5) is 12.8. The Morgan fingerprint density at radius 1 is 0.857 bits per heavy atom. The van der Waals surface area contributed by atoms with Gasteiger partial charge in [-0.1, -0.05) is 48.5 Å². The fourth-order valence-corrected chi connectivity index (χ4v) is 2.83. The Hall–Kier alpha value is -3.41. The lowest BCUT2D eigenvalue weighted by Crippen LogP contribution is -2.29. The van der Waals surface area contributed by atoms with Crippen molar-refractivity contribution >= 4 is 5.91 Å². The van der Waals surface area contributed by atoms with Crippen molar-refractivity contribution < 1.29 is 23.0 Å². The van der Waals surface area contributed by atoms with E-state index in [0.29, 0.717) is 11.3 Å². The summed E-state index contributed by atoms with van der Waals surface area (Å²) < 4.78 is 34.3. The van der Waals surface area contributed by atoms with Gasteiger partial charge in [-0.2, -0.15) is 8.78 Å². The molecular weight excluding hydrogens is 364 g/mol. The molecule has 0 spiro atoms. The van der Waals surface area contributed by atoms with E-state index in [1.807, 2.05) is 30.3 Å². The minimum atomic E-state index is -2.89. The van der Waals surface area contributed by atoms with Gasteiger partial charge < -0.3 is 14.8 Å². The normalized spacial score (nSPS) is 11.7. The van der Waals surface area contributed by atoms with Crippen molar-refractivity contribution in [3.63, 3.8) is 0 Å². The molecule has 0 aliphatic rings. The SMILES string of the molecule is COc1cccc(C(=O)N[C@H](c2ccccc2)c2ccc(OC(F)F)cc2)c1. The van der Waals surface area contributed by atoms with Crippen LogP contribution < -0.4 is 14.8 Å². The molecule has 0 fully saturated rings. The second-order valence-electron chi connectivity index (χ2n) is 6.00. The van der Waals surface area contributed by atoms with E-state index in [2.05, 4.69) is 10.1 Å². The Balaban J connectivity index is 1.88. The van der Waals surface area contributed by atoms with E-state index in [1.54, 1.807) is 36.4 Å². The van der Waals surface area contributed by atoms with Crippen molar-refractivity contribution in [2.24, 2.45) is 0 Å². The number of alkyl halides is 2. The first-order valence-corrected chi connectivity index (χ1v) is 8.61. The summed E-state index contributed by atoms with van der Waals surface area (Å²) in [6.45, 7) is -2.89. The molecule has 0 radical (unpaired) electrons. The smallest absolute Gasteiger partial charge is 0.387 e. The third-order valence-electron chi connectivity index (χ3n) is 4.18. The van der Waals surface area contributed by atoms with Gasteiger partial charge in [-0.25, -0.2) is 0 Å². The topological polar surface area (TPSA) is 47.6 Å². The molecule has 1 atom stereocenters. The maximum atomic E-state index is 12.8. The van der Waals surface area contributed by atoms with Crippen LogP contribution in [0, 0.1) is 0 Å². The second-order valence-corrected chi connectivity index (χ2v) is 6.00. The van der Waals surface area contributed by atoms with Gasteiger partial charge in [-0.15, -0.1) is 0 Å². The van der Waals surface area contributed by atoms with Gasteiger partial charge in [0, 0.05) is 5.56 Å². The maximum absolute atomic E-state index is 12.8. The first kappa shape index (κ1) is 19.4. The van der Waals surface area contributed by atoms with Gasteiger partial charge in [0.05, 0.1) is 13.2 Å². The molecule has 0 aromatic heterocycles. The van der Waals surface area contributed by atoms with Crippen molar-refractivity contribution in [1.29, 1.82) is 0 Å². The van der Waals surface area contributed by atoms with Crippen LogP contribution in [0.3, 0.4) is 0 Å². The number of benzene rings is 3. The van der Waals surface area contributed by atoms with Crippen molar-refractivity contribution in [3.05, 3.63) is 95.6 Å². The zero-order valence-electron chi connectivity index (χ0n) is 15.1. The third-order valence-corrected chi connectivity index (χ3v) is 4.18.